The van der Waals surface area contributed by atoms with Crippen LogP contribution in [0.1, 0.15) is 79.7 Å². The normalized spacial score (nSPS) is 20.3. The van der Waals surface area contributed by atoms with Gasteiger partial charge < -0.3 is 10.1 Å². The largest absolute Gasteiger partial charge is 0.381 e. The lowest BCUT2D eigenvalue weighted by Crippen LogP contribution is -2.17. The number of aryl methyl sites for hydroxylation is 3. The molecule has 0 spiro atoms. The Bertz CT molecular complexity index is 2120. The van der Waals surface area contributed by atoms with Gasteiger partial charge in [0.1, 0.15) is 5.82 Å². The van der Waals surface area contributed by atoms with Crippen LogP contribution in [0.25, 0.3) is 31.8 Å². The summed E-state index contributed by atoms with van der Waals surface area (Å²) >= 11 is 1.61. The molecule has 2 atom stereocenters. The topological polar surface area (TPSA) is 107 Å². The molecule has 0 aromatic carbocycles. The van der Waals surface area contributed by atoms with Gasteiger partial charge in [-0.3, -0.25) is 15.0 Å². The molecule has 7 heterocycles. The van der Waals surface area contributed by atoms with E-state index in [4.69, 9.17) is 19.7 Å². The summed E-state index contributed by atoms with van der Waals surface area (Å²) in [5, 5.41) is 4.76. The van der Waals surface area contributed by atoms with Gasteiger partial charge in [0.2, 0.25) is 0 Å². The molecule has 1 aliphatic carbocycles. The summed E-state index contributed by atoms with van der Waals surface area (Å²) in [5.74, 6) is 1.43. The number of nitrogens with one attached hydrogen (secondary N) is 1. The third kappa shape index (κ3) is 5.71. The van der Waals surface area contributed by atoms with Crippen molar-refractivity contribution in [3.63, 3.8) is 0 Å². The maximum Gasteiger partial charge on any atom is 0.181 e. The zero-order valence-electron chi connectivity index (χ0n) is 27.7. The highest BCUT2D eigenvalue weighted by Crippen LogP contribution is 2.51. The monoisotopic (exact) mass is 679 g/mol. The second kappa shape index (κ2) is 12.6. The van der Waals surface area contributed by atoms with Crippen LogP contribution in [-0.2, 0) is 27.4 Å². The van der Waals surface area contributed by atoms with Crippen LogP contribution < -0.4 is 5.32 Å². The Labute approximate surface area is 286 Å². The molecular formula is C38H41N5O3S2. The summed E-state index contributed by atoms with van der Waals surface area (Å²) in [4.78, 5) is 20.9. The fourth-order valence-electron chi connectivity index (χ4n) is 7.77. The molecule has 1 fully saturated rings. The summed E-state index contributed by atoms with van der Waals surface area (Å²) in [7, 11) is -3.61. The number of hydrogen-bond acceptors (Lipinski definition) is 9. The zero-order valence-corrected chi connectivity index (χ0v) is 29.3. The lowest BCUT2D eigenvalue weighted by Gasteiger charge is -2.23. The van der Waals surface area contributed by atoms with Gasteiger partial charge in [-0.05, 0) is 104 Å². The van der Waals surface area contributed by atoms with Gasteiger partial charge in [-0.15, -0.1) is 11.3 Å². The number of rotatable bonds is 8. The van der Waals surface area contributed by atoms with Gasteiger partial charge in [0.05, 0.1) is 38.5 Å². The van der Waals surface area contributed by atoms with Crippen molar-refractivity contribution in [2.45, 2.75) is 76.2 Å². The molecule has 8 nitrogen and oxygen atoms in total. The van der Waals surface area contributed by atoms with Crippen molar-refractivity contribution in [2.75, 3.05) is 24.3 Å². The number of anilines is 1. The Balaban J connectivity index is 1.33. The first kappa shape index (κ1) is 31.5. The Morgan fingerprint density at radius 1 is 1.00 bits per heavy atom. The molecule has 0 amide bonds. The fraction of sp³-hybridized carbons (Fsp3) is 0.421. The number of hydrogen-bond donors (Lipinski definition) is 1. The lowest BCUT2D eigenvalue weighted by atomic mass is 9.88. The van der Waals surface area contributed by atoms with E-state index >= 15 is 0 Å². The average molecular weight is 680 g/mol. The van der Waals surface area contributed by atoms with E-state index in [2.05, 4.69) is 49.3 Å². The summed E-state index contributed by atoms with van der Waals surface area (Å²) < 4.78 is 35.2. The van der Waals surface area contributed by atoms with Gasteiger partial charge >= 0.3 is 0 Å². The van der Waals surface area contributed by atoms with Crippen LogP contribution in [0.2, 0.25) is 0 Å². The summed E-state index contributed by atoms with van der Waals surface area (Å²) in [6.07, 6.45) is 11.2. The summed E-state index contributed by atoms with van der Waals surface area (Å²) in [6, 6.07) is 12.5. The molecule has 248 valence electrons. The smallest absolute Gasteiger partial charge is 0.181 e. The molecule has 0 bridgehead atoms. The third-order valence-electron chi connectivity index (χ3n) is 10.4. The molecule has 5 aromatic heterocycles. The van der Waals surface area contributed by atoms with Crippen LogP contribution in [0.15, 0.2) is 59.9 Å². The summed E-state index contributed by atoms with van der Waals surface area (Å²) in [6.45, 7) is 7.85. The molecule has 5 aromatic rings. The number of ether oxygens (including phenoxy) is 1. The number of pyridine rings is 4. The maximum absolute atomic E-state index is 14.3. The van der Waals surface area contributed by atoms with Gasteiger partial charge in [-0.1, -0.05) is 19.9 Å². The predicted octanol–water partition coefficient (Wildman–Crippen LogP) is 8.11. The van der Waals surface area contributed by atoms with Crippen molar-refractivity contribution in [3.8, 4) is 21.7 Å². The Morgan fingerprint density at radius 3 is 2.65 bits per heavy atom. The molecule has 0 saturated carbocycles. The average Bonchev–Trinajstić information content (AvgIpc) is 3.78. The predicted molar refractivity (Wildman–Crippen MR) is 191 cm³/mol. The quantitative estimate of drug-likeness (QED) is 0.175. The molecular weight excluding hydrogens is 639 g/mol. The van der Waals surface area contributed by atoms with Gasteiger partial charge in [0, 0.05) is 59.4 Å². The molecule has 0 radical (unpaired) electrons. The minimum atomic E-state index is -3.61. The van der Waals surface area contributed by atoms with E-state index in [0.29, 0.717) is 10.8 Å². The van der Waals surface area contributed by atoms with E-state index in [-0.39, 0.29) is 23.6 Å². The number of aromatic nitrogens is 4. The SMILES string of the molecule is Cc1ccnc(-c2c(CCC3CCOCC3)nc3c(c2-c2cc4ccnc(N[C@H]5CCc6ncccc65)c4s2)S(=O)(=O)C[C@H]3C(C)C)c1. The van der Waals surface area contributed by atoms with E-state index < -0.39 is 9.84 Å². The van der Waals surface area contributed by atoms with Gasteiger partial charge in [-0.2, -0.15) is 0 Å². The molecule has 3 aliphatic rings. The van der Waals surface area contributed by atoms with Crippen LogP contribution in [0, 0.1) is 18.8 Å². The van der Waals surface area contributed by atoms with Crippen molar-refractivity contribution >= 4 is 37.1 Å². The number of sulfone groups is 1. The first-order chi connectivity index (χ1) is 23.3. The third-order valence-corrected chi connectivity index (χ3v) is 13.4. The molecule has 8 rings (SSSR count). The zero-order chi connectivity index (χ0) is 33.0. The number of fused-ring (bicyclic) bond motifs is 3. The Morgan fingerprint density at radius 2 is 1.83 bits per heavy atom. The first-order valence-corrected chi connectivity index (χ1v) is 19.6. The molecule has 1 N–H and O–H groups in total. The van der Waals surface area contributed by atoms with Gasteiger partial charge in [-0.25, -0.2) is 13.4 Å². The van der Waals surface area contributed by atoms with Gasteiger partial charge in [0.15, 0.2) is 9.84 Å². The minimum Gasteiger partial charge on any atom is -0.381 e. The summed E-state index contributed by atoms with van der Waals surface area (Å²) in [5.41, 5.74) is 7.47. The van der Waals surface area contributed by atoms with Crippen molar-refractivity contribution in [2.24, 2.45) is 11.8 Å². The first-order valence-electron chi connectivity index (χ1n) is 17.2. The maximum atomic E-state index is 14.3. The molecule has 1 saturated heterocycles. The standard InChI is InChI=1S/C38H41N5O3S2/c1-22(2)27-21-48(44,45)37-34(32-20-25-11-16-41-38(36(25)47-32)43-29-9-8-28-26(29)5-4-14-39-28)33(31-19-23(3)10-15-40-31)30(42-35(27)37)7-6-24-12-17-46-18-13-24/h4-5,10-11,14-16,19-20,22,24,27,29H,6-9,12-13,17-18,21H2,1-3H3,(H,41,43)/t27-,29-/m0/s1. The fourth-order valence-corrected chi connectivity index (χ4v) is 11.2. The highest BCUT2D eigenvalue weighted by atomic mass is 32.2. The van der Waals surface area contributed by atoms with E-state index in [1.54, 1.807) is 11.3 Å². The molecule has 48 heavy (non-hydrogen) atoms. The highest BCUT2D eigenvalue weighted by molar-refractivity contribution is 7.92. The van der Waals surface area contributed by atoms with Crippen LogP contribution in [-0.4, -0.2) is 47.3 Å². The van der Waals surface area contributed by atoms with Crippen LogP contribution in [0.5, 0.6) is 0 Å². The second-order valence-corrected chi connectivity index (χ2v) is 17.0. The van der Waals surface area contributed by atoms with Crippen LogP contribution in [0.4, 0.5) is 5.82 Å². The van der Waals surface area contributed by atoms with Crippen molar-refractivity contribution < 1.29 is 13.2 Å². The van der Waals surface area contributed by atoms with E-state index in [9.17, 15) is 8.42 Å². The van der Waals surface area contributed by atoms with E-state index in [0.717, 1.165) is 112 Å². The Kier molecular flexibility index (Phi) is 8.29. The van der Waals surface area contributed by atoms with E-state index in [1.165, 1.54) is 5.56 Å². The molecule has 0 unspecified atom stereocenters. The van der Waals surface area contributed by atoms with Crippen molar-refractivity contribution in [1.29, 1.82) is 0 Å². The molecule has 2 aliphatic heterocycles. The number of thiophene rings is 1. The molecule has 10 heteroatoms. The lowest BCUT2D eigenvalue weighted by molar-refractivity contribution is 0.0639. The minimum absolute atomic E-state index is 0.0818. The second-order valence-electron chi connectivity index (χ2n) is 13.9. The van der Waals surface area contributed by atoms with Crippen molar-refractivity contribution in [3.05, 3.63) is 83.2 Å². The van der Waals surface area contributed by atoms with E-state index in [1.807, 2.05) is 36.8 Å². The van der Waals surface area contributed by atoms with Gasteiger partial charge in [0.25, 0.3) is 0 Å². The Hall–Kier alpha value is -3.73. The number of nitrogens with zero attached hydrogens (tertiary/aromatic N) is 4. The van der Waals surface area contributed by atoms with Crippen LogP contribution in [0.3, 0.4) is 0 Å². The highest BCUT2D eigenvalue weighted by Gasteiger charge is 2.42. The van der Waals surface area contributed by atoms with Crippen LogP contribution >= 0.6 is 11.3 Å². The van der Waals surface area contributed by atoms with Crippen molar-refractivity contribution in [1.82, 2.24) is 19.9 Å².